The summed E-state index contributed by atoms with van der Waals surface area (Å²) in [6, 6.07) is 1.42. The van der Waals surface area contributed by atoms with Crippen LogP contribution >= 0.6 is 11.3 Å². The topological polar surface area (TPSA) is 83.9 Å². The van der Waals surface area contributed by atoms with E-state index in [2.05, 4.69) is 0 Å². The number of carboxylic acids is 1. The van der Waals surface area contributed by atoms with Crippen LogP contribution in [-0.4, -0.2) is 50.1 Å². The van der Waals surface area contributed by atoms with Crippen LogP contribution in [0.4, 0.5) is 0 Å². The molecule has 8 heteroatoms. The second kappa shape index (κ2) is 6.43. The predicted molar refractivity (Wildman–Crippen MR) is 79.4 cm³/mol. The minimum atomic E-state index is -3.67. The lowest BCUT2D eigenvalue weighted by Gasteiger charge is -2.26. The summed E-state index contributed by atoms with van der Waals surface area (Å²) in [4.78, 5) is 11.1. The molecule has 1 aromatic heterocycles. The minimum Gasteiger partial charge on any atom is -0.477 e. The molecule has 6 nitrogen and oxygen atoms in total. The van der Waals surface area contributed by atoms with Gasteiger partial charge in [-0.2, -0.15) is 4.31 Å². The molecule has 0 aromatic carbocycles. The van der Waals surface area contributed by atoms with E-state index in [1.54, 1.807) is 6.92 Å². The monoisotopic (exact) mass is 333 g/mol. The molecule has 2 rings (SSSR count). The van der Waals surface area contributed by atoms with Crippen molar-refractivity contribution in [1.82, 2.24) is 4.31 Å². The summed E-state index contributed by atoms with van der Waals surface area (Å²) in [6.07, 6.45) is 2.82. The molecule has 118 valence electrons. The summed E-state index contributed by atoms with van der Waals surface area (Å²) < 4.78 is 31.8. The molecule has 1 aliphatic rings. The number of aromatic carboxylic acids is 1. The van der Waals surface area contributed by atoms with Gasteiger partial charge >= 0.3 is 5.97 Å². The zero-order valence-corrected chi connectivity index (χ0v) is 13.7. The van der Waals surface area contributed by atoms with E-state index in [9.17, 15) is 13.2 Å². The fraction of sp³-hybridized carbons (Fsp3) is 0.615. The van der Waals surface area contributed by atoms with E-state index in [-0.39, 0.29) is 15.2 Å². The first-order chi connectivity index (χ1) is 9.82. The summed E-state index contributed by atoms with van der Waals surface area (Å²) in [5, 5.41) is 9.03. The Balaban J connectivity index is 2.16. The zero-order valence-electron chi connectivity index (χ0n) is 12.0. The fourth-order valence-electron chi connectivity index (χ4n) is 2.28. The molecule has 0 saturated carbocycles. The molecule has 1 aromatic rings. The van der Waals surface area contributed by atoms with Crippen molar-refractivity contribution in [2.24, 2.45) is 0 Å². The van der Waals surface area contributed by atoms with Gasteiger partial charge in [0.15, 0.2) is 0 Å². The van der Waals surface area contributed by atoms with Gasteiger partial charge in [-0.1, -0.05) is 0 Å². The third kappa shape index (κ3) is 3.63. The molecular weight excluding hydrogens is 314 g/mol. The van der Waals surface area contributed by atoms with Crippen molar-refractivity contribution in [3.63, 3.8) is 0 Å². The molecule has 0 bridgehead atoms. The Bertz CT molecular complexity index is 617. The maximum absolute atomic E-state index is 12.5. The van der Waals surface area contributed by atoms with Gasteiger partial charge in [0.1, 0.15) is 9.09 Å². The van der Waals surface area contributed by atoms with Gasteiger partial charge in [0.25, 0.3) is 10.0 Å². The Kier molecular flexibility index (Phi) is 5.03. The van der Waals surface area contributed by atoms with E-state index in [4.69, 9.17) is 9.84 Å². The van der Waals surface area contributed by atoms with Crippen LogP contribution in [-0.2, 0) is 14.8 Å². The number of ether oxygens (including phenoxy) is 1. The maximum atomic E-state index is 12.5. The van der Waals surface area contributed by atoms with Crippen LogP contribution < -0.4 is 0 Å². The van der Waals surface area contributed by atoms with E-state index in [0.29, 0.717) is 18.7 Å². The Morgan fingerprint density at radius 1 is 1.52 bits per heavy atom. The number of nitrogens with zero attached hydrogens (tertiary/aromatic N) is 1. The Hall–Kier alpha value is -0.960. The smallest absolute Gasteiger partial charge is 0.346 e. The zero-order chi connectivity index (χ0) is 15.6. The molecule has 1 atom stereocenters. The van der Waals surface area contributed by atoms with Crippen LogP contribution in [0.25, 0.3) is 0 Å². The van der Waals surface area contributed by atoms with Crippen LogP contribution in [0.2, 0.25) is 0 Å². The maximum Gasteiger partial charge on any atom is 0.346 e. The van der Waals surface area contributed by atoms with Crippen molar-refractivity contribution in [2.45, 2.75) is 36.5 Å². The fourth-order valence-corrected chi connectivity index (χ4v) is 5.07. The van der Waals surface area contributed by atoms with Crippen LogP contribution in [0.3, 0.4) is 0 Å². The normalized spacial score (nSPS) is 19.9. The number of carboxylic acid groups (broad SMARTS) is 1. The van der Waals surface area contributed by atoms with Crippen molar-refractivity contribution in [1.29, 1.82) is 0 Å². The third-order valence-corrected chi connectivity index (χ3v) is 6.99. The molecule has 0 spiro atoms. The van der Waals surface area contributed by atoms with Crippen molar-refractivity contribution in [3.8, 4) is 0 Å². The number of hydrogen-bond acceptors (Lipinski definition) is 5. The van der Waals surface area contributed by atoms with Gasteiger partial charge in [-0.25, -0.2) is 13.2 Å². The first-order valence-electron chi connectivity index (χ1n) is 6.74. The molecule has 1 fully saturated rings. The largest absolute Gasteiger partial charge is 0.477 e. The lowest BCUT2D eigenvalue weighted by atomic mass is 10.1. The standard InChI is InChI=1S/C13H19NO5S2/c1-9-7-11(20-12(9)13(15)16)21(17,18)14(2)8-10-5-3-4-6-19-10/h7,10H,3-6,8H2,1-2H3,(H,15,16). The molecule has 2 heterocycles. The number of sulfonamides is 1. The van der Waals surface area contributed by atoms with Crippen molar-refractivity contribution < 1.29 is 23.1 Å². The Morgan fingerprint density at radius 2 is 2.24 bits per heavy atom. The van der Waals surface area contributed by atoms with Crippen LogP contribution in [0.5, 0.6) is 0 Å². The molecule has 1 saturated heterocycles. The summed E-state index contributed by atoms with van der Waals surface area (Å²) in [6.45, 7) is 2.56. The van der Waals surface area contributed by atoms with E-state index in [1.807, 2.05) is 0 Å². The predicted octanol–water partition coefficient (Wildman–Crippen LogP) is 1.94. The number of aryl methyl sites for hydroxylation is 1. The molecule has 0 amide bonds. The van der Waals surface area contributed by atoms with E-state index in [0.717, 1.165) is 30.6 Å². The number of carbonyl (C=O) groups is 1. The van der Waals surface area contributed by atoms with Crippen molar-refractivity contribution in [3.05, 3.63) is 16.5 Å². The van der Waals surface area contributed by atoms with Gasteiger partial charge in [0.05, 0.1) is 6.10 Å². The first-order valence-corrected chi connectivity index (χ1v) is 8.99. The molecule has 0 radical (unpaired) electrons. The summed E-state index contributed by atoms with van der Waals surface area (Å²) >= 11 is 0.795. The quantitative estimate of drug-likeness (QED) is 0.890. The van der Waals surface area contributed by atoms with Gasteiger partial charge < -0.3 is 9.84 Å². The van der Waals surface area contributed by atoms with Gasteiger partial charge in [-0.3, -0.25) is 0 Å². The van der Waals surface area contributed by atoms with Gasteiger partial charge in [0.2, 0.25) is 0 Å². The van der Waals surface area contributed by atoms with Crippen LogP contribution in [0.15, 0.2) is 10.3 Å². The highest BCUT2D eigenvalue weighted by atomic mass is 32.2. The van der Waals surface area contributed by atoms with Gasteiger partial charge in [-0.05, 0) is 37.8 Å². The molecule has 0 aliphatic carbocycles. The van der Waals surface area contributed by atoms with E-state index >= 15 is 0 Å². The molecule has 1 aliphatic heterocycles. The lowest BCUT2D eigenvalue weighted by molar-refractivity contribution is 0.00860. The third-order valence-electron chi connectivity index (χ3n) is 3.49. The molecule has 21 heavy (non-hydrogen) atoms. The highest BCUT2D eigenvalue weighted by molar-refractivity contribution is 7.91. The first kappa shape index (κ1) is 16.4. The summed E-state index contributed by atoms with van der Waals surface area (Å²) in [5.74, 6) is -1.10. The number of thiophene rings is 1. The highest BCUT2D eigenvalue weighted by Gasteiger charge is 2.28. The average Bonchev–Trinajstić information content (AvgIpc) is 2.82. The van der Waals surface area contributed by atoms with Gasteiger partial charge in [0, 0.05) is 20.2 Å². The molecule has 1 unspecified atom stereocenters. The van der Waals surface area contributed by atoms with Crippen molar-refractivity contribution >= 4 is 27.3 Å². The molecule has 1 N–H and O–H groups in total. The number of likely N-dealkylation sites (N-methyl/N-ethyl adjacent to an activating group) is 1. The van der Waals surface area contributed by atoms with Crippen LogP contribution in [0.1, 0.15) is 34.5 Å². The lowest BCUT2D eigenvalue weighted by Crippen LogP contribution is -2.36. The number of rotatable bonds is 5. The second-order valence-corrected chi connectivity index (χ2v) is 8.48. The van der Waals surface area contributed by atoms with E-state index < -0.39 is 16.0 Å². The van der Waals surface area contributed by atoms with E-state index in [1.165, 1.54) is 17.4 Å². The number of hydrogen-bond donors (Lipinski definition) is 1. The summed E-state index contributed by atoms with van der Waals surface area (Å²) in [5.41, 5.74) is 0.466. The SMILES string of the molecule is Cc1cc(S(=O)(=O)N(C)CC2CCCCO2)sc1C(=O)O. The summed E-state index contributed by atoms with van der Waals surface area (Å²) in [7, 11) is -2.16. The average molecular weight is 333 g/mol. The second-order valence-electron chi connectivity index (χ2n) is 5.16. The van der Waals surface area contributed by atoms with Crippen molar-refractivity contribution in [2.75, 3.05) is 20.2 Å². The minimum absolute atomic E-state index is 0.0655. The van der Waals surface area contributed by atoms with Crippen LogP contribution in [0, 0.1) is 6.92 Å². The highest BCUT2D eigenvalue weighted by Crippen LogP contribution is 2.28. The Labute approximate surface area is 128 Å². The van der Waals surface area contributed by atoms with Gasteiger partial charge in [-0.15, -0.1) is 11.3 Å². The molecular formula is C13H19NO5S2. The Morgan fingerprint density at radius 3 is 2.76 bits per heavy atom.